The topological polar surface area (TPSA) is 69.0 Å². The van der Waals surface area contributed by atoms with Crippen molar-refractivity contribution in [3.05, 3.63) is 59.4 Å². The van der Waals surface area contributed by atoms with E-state index in [9.17, 15) is 4.79 Å². The summed E-state index contributed by atoms with van der Waals surface area (Å²) in [4.78, 5) is 12.4. The molecule has 29 heavy (non-hydrogen) atoms. The highest BCUT2D eigenvalue weighted by molar-refractivity contribution is 6.30. The summed E-state index contributed by atoms with van der Waals surface area (Å²) in [7, 11) is 0. The predicted molar refractivity (Wildman–Crippen MR) is 113 cm³/mol. The van der Waals surface area contributed by atoms with Gasteiger partial charge in [-0.25, -0.2) is 0 Å². The number of fused-ring (bicyclic) bond motifs is 1. The summed E-state index contributed by atoms with van der Waals surface area (Å²) in [6.45, 7) is 2.67. The number of benzene rings is 2. The number of rotatable bonds is 5. The molecule has 0 saturated carbocycles. The van der Waals surface area contributed by atoms with Crippen molar-refractivity contribution < 1.29 is 9.53 Å². The molecule has 150 valence electrons. The standard InChI is InChI=1S/C22H23ClN4O2/c1-15(29-19-12-8-17(23)9-13-19)22(28)24-18-10-6-16(7-11-18)21-26-25-20-5-3-2-4-14-27(20)21/h6-13,15H,2-5,14H2,1H3,(H,24,28)/t15-/m1/s1. The molecule has 6 nitrogen and oxygen atoms in total. The second-order valence-electron chi connectivity index (χ2n) is 7.18. The predicted octanol–water partition coefficient (Wildman–Crippen LogP) is 4.73. The van der Waals surface area contributed by atoms with Crippen LogP contribution in [0.3, 0.4) is 0 Å². The quantitative estimate of drug-likeness (QED) is 0.660. The van der Waals surface area contributed by atoms with Crippen LogP contribution in [0.5, 0.6) is 5.75 Å². The zero-order valence-corrected chi connectivity index (χ0v) is 17.0. The molecule has 2 aromatic carbocycles. The minimum atomic E-state index is -0.636. The molecule has 0 spiro atoms. The van der Waals surface area contributed by atoms with Gasteiger partial charge in [-0.05, 0) is 68.3 Å². The van der Waals surface area contributed by atoms with Crippen molar-refractivity contribution in [1.82, 2.24) is 14.8 Å². The summed E-state index contributed by atoms with van der Waals surface area (Å²) in [6.07, 6.45) is 3.89. The molecule has 1 aliphatic heterocycles. The molecular weight excluding hydrogens is 388 g/mol. The fourth-order valence-corrected chi connectivity index (χ4v) is 3.54. The Morgan fingerprint density at radius 3 is 2.59 bits per heavy atom. The third-order valence-corrected chi connectivity index (χ3v) is 5.27. The monoisotopic (exact) mass is 410 g/mol. The van der Waals surface area contributed by atoms with Crippen LogP contribution in [-0.4, -0.2) is 26.8 Å². The molecule has 0 saturated heterocycles. The van der Waals surface area contributed by atoms with Gasteiger partial charge in [0.15, 0.2) is 11.9 Å². The number of nitrogens with zero attached hydrogens (tertiary/aromatic N) is 3. The van der Waals surface area contributed by atoms with Gasteiger partial charge < -0.3 is 14.6 Å². The summed E-state index contributed by atoms with van der Waals surface area (Å²) >= 11 is 5.87. The summed E-state index contributed by atoms with van der Waals surface area (Å²) in [5.74, 6) is 2.33. The van der Waals surface area contributed by atoms with Gasteiger partial charge >= 0.3 is 0 Å². The number of aryl methyl sites for hydroxylation is 1. The molecule has 0 fully saturated rings. The normalized spacial score (nSPS) is 14.6. The number of hydrogen-bond donors (Lipinski definition) is 1. The minimum Gasteiger partial charge on any atom is -0.481 e. The number of hydrogen-bond acceptors (Lipinski definition) is 4. The van der Waals surface area contributed by atoms with Crippen LogP contribution in [-0.2, 0) is 17.8 Å². The Morgan fingerprint density at radius 2 is 1.83 bits per heavy atom. The number of carbonyl (C=O) groups is 1. The summed E-state index contributed by atoms with van der Waals surface area (Å²) in [5.41, 5.74) is 1.70. The maximum absolute atomic E-state index is 12.4. The highest BCUT2D eigenvalue weighted by Crippen LogP contribution is 2.24. The first-order valence-corrected chi connectivity index (χ1v) is 10.2. The lowest BCUT2D eigenvalue weighted by Gasteiger charge is -2.15. The SMILES string of the molecule is C[C@@H](Oc1ccc(Cl)cc1)C(=O)Nc1ccc(-c2nnc3n2CCCCC3)cc1. The molecule has 4 rings (SSSR count). The van der Waals surface area contributed by atoms with Gasteiger partial charge in [0.1, 0.15) is 11.6 Å². The lowest BCUT2D eigenvalue weighted by molar-refractivity contribution is -0.122. The van der Waals surface area contributed by atoms with E-state index < -0.39 is 6.10 Å². The van der Waals surface area contributed by atoms with Crippen molar-refractivity contribution in [1.29, 1.82) is 0 Å². The van der Waals surface area contributed by atoms with E-state index in [1.165, 1.54) is 12.8 Å². The maximum Gasteiger partial charge on any atom is 0.265 e. The lowest BCUT2D eigenvalue weighted by Crippen LogP contribution is -2.30. The van der Waals surface area contributed by atoms with Gasteiger partial charge in [0.05, 0.1) is 0 Å². The molecule has 7 heteroatoms. The van der Waals surface area contributed by atoms with Crippen LogP contribution in [0.1, 0.15) is 32.0 Å². The third-order valence-electron chi connectivity index (χ3n) is 5.02. The molecule has 1 atom stereocenters. The molecule has 3 aromatic rings. The number of anilines is 1. The molecule has 0 bridgehead atoms. The van der Waals surface area contributed by atoms with E-state index in [-0.39, 0.29) is 5.91 Å². The molecule has 2 heterocycles. The van der Waals surface area contributed by atoms with Gasteiger partial charge in [-0.1, -0.05) is 18.0 Å². The molecule has 1 N–H and O–H groups in total. The van der Waals surface area contributed by atoms with E-state index in [1.54, 1.807) is 31.2 Å². The van der Waals surface area contributed by atoms with Crippen LogP contribution in [0.4, 0.5) is 5.69 Å². The first-order chi connectivity index (χ1) is 14.1. The van der Waals surface area contributed by atoms with Crippen LogP contribution >= 0.6 is 11.6 Å². The Labute approximate surface area is 174 Å². The summed E-state index contributed by atoms with van der Waals surface area (Å²) in [6, 6.07) is 14.6. The number of ether oxygens (including phenoxy) is 1. The van der Waals surface area contributed by atoms with E-state index in [1.807, 2.05) is 24.3 Å². The van der Waals surface area contributed by atoms with Crippen molar-refractivity contribution in [2.24, 2.45) is 0 Å². The van der Waals surface area contributed by atoms with Crippen molar-refractivity contribution in [2.45, 2.75) is 45.3 Å². The fraction of sp³-hybridized carbons (Fsp3) is 0.318. The van der Waals surface area contributed by atoms with Gasteiger partial charge in [-0.15, -0.1) is 10.2 Å². The van der Waals surface area contributed by atoms with E-state index in [2.05, 4.69) is 20.1 Å². The molecule has 1 amide bonds. The maximum atomic E-state index is 12.4. The van der Waals surface area contributed by atoms with Crippen LogP contribution in [0.2, 0.25) is 5.02 Å². The van der Waals surface area contributed by atoms with Gasteiger partial charge in [-0.2, -0.15) is 0 Å². The molecule has 0 aliphatic carbocycles. The first-order valence-electron chi connectivity index (χ1n) is 9.86. The Hall–Kier alpha value is -2.86. The summed E-state index contributed by atoms with van der Waals surface area (Å²) in [5, 5.41) is 12.2. The number of nitrogens with one attached hydrogen (secondary N) is 1. The largest absolute Gasteiger partial charge is 0.481 e. The van der Waals surface area contributed by atoms with Crippen molar-refractivity contribution in [2.75, 3.05) is 5.32 Å². The zero-order chi connectivity index (χ0) is 20.2. The minimum absolute atomic E-state index is 0.218. The van der Waals surface area contributed by atoms with E-state index >= 15 is 0 Å². The van der Waals surface area contributed by atoms with E-state index in [0.29, 0.717) is 16.5 Å². The Kier molecular flexibility index (Phi) is 5.81. The smallest absolute Gasteiger partial charge is 0.265 e. The van der Waals surface area contributed by atoms with Gasteiger partial charge in [0, 0.05) is 29.2 Å². The first kappa shape index (κ1) is 19.5. The lowest BCUT2D eigenvalue weighted by atomic mass is 10.2. The average Bonchev–Trinajstić information content (AvgIpc) is 2.98. The van der Waals surface area contributed by atoms with Crippen LogP contribution in [0, 0.1) is 0 Å². The number of halogens is 1. The number of amides is 1. The molecular formula is C22H23ClN4O2. The molecule has 0 radical (unpaired) electrons. The van der Waals surface area contributed by atoms with Gasteiger partial charge in [-0.3, -0.25) is 4.79 Å². The van der Waals surface area contributed by atoms with Crippen LogP contribution in [0.15, 0.2) is 48.5 Å². The highest BCUT2D eigenvalue weighted by Gasteiger charge is 2.17. The number of aromatic nitrogens is 3. The Balaban J connectivity index is 1.41. The fourth-order valence-electron chi connectivity index (χ4n) is 3.42. The van der Waals surface area contributed by atoms with Crippen molar-refractivity contribution >= 4 is 23.2 Å². The second kappa shape index (κ2) is 8.66. The molecule has 1 aromatic heterocycles. The summed E-state index contributed by atoms with van der Waals surface area (Å²) < 4.78 is 7.88. The van der Waals surface area contributed by atoms with Crippen LogP contribution < -0.4 is 10.1 Å². The van der Waals surface area contributed by atoms with E-state index in [4.69, 9.17) is 16.3 Å². The van der Waals surface area contributed by atoms with Crippen molar-refractivity contribution in [3.8, 4) is 17.1 Å². The zero-order valence-electron chi connectivity index (χ0n) is 16.3. The molecule has 1 aliphatic rings. The highest BCUT2D eigenvalue weighted by atomic mass is 35.5. The van der Waals surface area contributed by atoms with Gasteiger partial charge in [0.2, 0.25) is 0 Å². The van der Waals surface area contributed by atoms with Gasteiger partial charge in [0.25, 0.3) is 5.91 Å². The Bertz CT molecular complexity index is 983. The van der Waals surface area contributed by atoms with Crippen molar-refractivity contribution in [3.63, 3.8) is 0 Å². The third kappa shape index (κ3) is 4.59. The van der Waals surface area contributed by atoms with E-state index in [0.717, 1.165) is 36.6 Å². The average molecular weight is 411 g/mol. The molecule has 0 unspecified atom stereocenters. The Morgan fingerprint density at radius 1 is 1.07 bits per heavy atom. The second-order valence-corrected chi connectivity index (χ2v) is 7.62. The van der Waals surface area contributed by atoms with Crippen LogP contribution in [0.25, 0.3) is 11.4 Å². The number of carbonyl (C=O) groups excluding carboxylic acids is 1.